The molecule has 5 rings (SSSR count). The van der Waals surface area contributed by atoms with Crippen molar-refractivity contribution in [2.75, 3.05) is 5.32 Å². The van der Waals surface area contributed by atoms with Crippen LogP contribution in [0.25, 0.3) is 11.3 Å². The first-order chi connectivity index (χ1) is 13.6. The fourth-order valence-electron chi connectivity index (χ4n) is 4.11. The number of aromatic nitrogens is 1. The molecule has 28 heavy (non-hydrogen) atoms. The van der Waals surface area contributed by atoms with Gasteiger partial charge in [0.1, 0.15) is 5.82 Å². The van der Waals surface area contributed by atoms with Crippen LogP contribution < -0.4 is 5.32 Å². The van der Waals surface area contributed by atoms with Gasteiger partial charge in [0.25, 0.3) is 6.01 Å². The highest BCUT2D eigenvalue weighted by Gasteiger charge is 2.27. The van der Waals surface area contributed by atoms with Gasteiger partial charge in [-0.25, -0.2) is 4.39 Å². The van der Waals surface area contributed by atoms with Crippen LogP contribution in [0.2, 0.25) is 0 Å². The lowest BCUT2D eigenvalue weighted by atomic mass is 9.88. The van der Waals surface area contributed by atoms with E-state index in [0.29, 0.717) is 35.4 Å². The van der Waals surface area contributed by atoms with Crippen molar-refractivity contribution in [3.8, 4) is 11.3 Å². The summed E-state index contributed by atoms with van der Waals surface area (Å²) in [5, 5.41) is 13.3. The molecule has 4 nitrogen and oxygen atoms in total. The van der Waals surface area contributed by atoms with Gasteiger partial charge in [-0.05, 0) is 67.3 Å². The van der Waals surface area contributed by atoms with Crippen molar-refractivity contribution in [2.45, 2.75) is 51.0 Å². The minimum Gasteiger partial charge on any atom is -0.423 e. The van der Waals surface area contributed by atoms with Gasteiger partial charge in [0.15, 0.2) is 5.76 Å². The van der Waals surface area contributed by atoms with E-state index in [0.717, 1.165) is 42.5 Å². The van der Waals surface area contributed by atoms with Crippen LogP contribution in [0.3, 0.4) is 0 Å². The highest BCUT2D eigenvalue weighted by molar-refractivity contribution is 5.65. The third-order valence-electron chi connectivity index (χ3n) is 5.78. The maximum atomic E-state index is 14.4. The van der Waals surface area contributed by atoms with Crippen molar-refractivity contribution in [1.82, 2.24) is 4.98 Å². The van der Waals surface area contributed by atoms with E-state index in [9.17, 15) is 9.50 Å². The third-order valence-corrected chi connectivity index (χ3v) is 5.78. The Morgan fingerprint density at radius 3 is 2.82 bits per heavy atom. The second-order valence-corrected chi connectivity index (χ2v) is 7.91. The molecule has 0 amide bonds. The Bertz CT molecular complexity index is 1040. The molecule has 5 heteroatoms. The van der Waals surface area contributed by atoms with Crippen molar-refractivity contribution in [2.24, 2.45) is 0 Å². The maximum Gasteiger partial charge on any atom is 0.299 e. The highest BCUT2D eigenvalue weighted by atomic mass is 19.1. The fraction of sp³-hybridized carbons (Fsp3) is 0.348. The number of aliphatic hydroxyl groups excluding tert-OH is 1. The Labute approximate surface area is 163 Å². The maximum absolute atomic E-state index is 14.4. The summed E-state index contributed by atoms with van der Waals surface area (Å²) in [6.07, 6.45) is 4.11. The zero-order chi connectivity index (χ0) is 19.3. The normalized spacial score (nSPS) is 18.8. The van der Waals surface area contributed by atoms with E-state index in [4.69, 9.17) is 4.42 Å². The molecule has 3 aromatic rings. The molecule has 0 aliphatic heterocycles. The van der Waals surface area contributed by atoms with Crippen molar-refractivity contribution in [3.05, 3.63) is 64.6 Å². The summed E-state index contributed by atoms with van der Waals surface area (Å²) in [7, 11) is 0. The van der Waals surface area contributed by atoms with Crippen LogP contribution in [0.5, 0.6) is 0 Å². The number of rotatable bonds is 4. The van der Waals surface area contributed by atoms with Gasteiger partial charge in [-0.15, -0.1) is 0 Å². The second kappa shape index (κ2) is 6.74. The Kier molecular flexibility index (Phi) is 4.20. The Morgan fingerprint density at radius 2 is 2.04 bits per heavy atom. The zero-order valence-electron chi connectivity index (χ0n) is 15.8. The lowest BCUT2D eigenvalue weighted by Gasteiger charge is -2.23. The van der Waals surface area contributed by atoms with Gasteiger partial charge in [-0.1, -0.05) is 24.3 Å². The number of benzene rings is 2. The van der Waals surface area contributed by atoms with E-state index in [-0.39, 0.29) is 11.9 Å². The number of halogens is 1. The number of nitrogens with one attached hydrogen (secondary N) is 1. The molecular weight excluding hydrogens is 355 g/mol. The van der Waals surface area contributed by atoms with Gasteiger partial charge in [0, 0.05) is 17.7 Å². The number of anilines is 2. The molecule has 1 unspecified atom stereocenters. The topological polar surface area (TPSA) is 58.3 Å². The average Bonchev–Trinajstić information content (AvgIpc) is 3.45. The molecule has 1 atom stereocenters. The predicted molar refractivity (Wildman–Crippen MR) is 106 cm³/mol. The number of aryl methyl sites for hydroxylation is 2. The van der Waals surface area contributed by atoms with Crippen LogP contribution in [-0.4, -0.2) is 16.2 Å². The monoisotopic (exact) mass is 378 g/mol. The molecule has 0 saturated heterocycles. The molecular formula is C23H23FN2O2. The molecule has 1 aromatic heterocycles. The van der Waals surface area contributed by atoms with Crippen molar-refractivity contribution >= 4 is 11.7 Å². The van der Waals surface area contributed by atoms with Crippen LogP contribution in [0.15, 0.2) is 40.8 Å². The number of nitrogens with zero attached hydrogens (tertiary/aromatic N) is 1. The summed E-state index contributed by atoms with van der Waals surface area (Å²) in [5.74, 6) is 0.784. The Hall–Kier alpha value is -2.66. The van der Waals surface area contributed by atoms with Crippen LogP contribution in [0, 0.1) is 12.7 Å². The largest absolute Gasteiger partial charge is 0.423 e. The lowest BCUT2D eigenvalue weighted by molar-refractivity contribution is 0.159. The van der Waals surface area contributed by atoms with E-state index < -0.39 is 0 Å². The first kappa shape index (κ1) is 17.4. The van der Waals surface area contributed by atoms with Gasteiger partial charge in [0.05, 0.1) is 11.8 Å². The molecule has 2 N–H and O–H groups in total. The molecule has 0 bridgehead atoms. The fourth-order valence-corrected chi connectivity index (χ4v) is 4.11. The minimum absolute atomic E-state index is 0.170. The van der Waals surface area contributed by atoms with Gasteiger partial charge in [-0.3, -0.25) is 0 Å². The highest BCUT2D eigenvalue weighted by Crippen LogP contribution is 2.42. The number of aliphatic hydroxyl groups is 1. The molecule has 144 valence electrons. The zero-order valence-corrected chi connectivity index (χ0v) is 15.8. The standard InChI is InChI=1S/C23H23FN2O2/c1-13-22(16-8-10-18(15-5-6-15)20(24)11-16)28-23(25-13)26-21-4-2-3-14-7-9-17(27)12-19(14)21/h2-4,8,10-11,15,17,27H,5-7,9,12H2,1H3,(H,25,26). The van der Waals surface area contributed by atoms with E-state index in [2.05, 4.69) is 16.4 Å². The molecule has 2 aliphatic rings. The summed E-state index contributed by atoms with van der Waals surface area (Å²) in [6.45, 7) is 1.86. The van der Waals surface area contributed by atoms with Crippen molar-refractivity contribution in [1.29, 1.82) is 0 Å². The molecule has 0 radical (unpaired) electrons. The van der Waals surface area contributed by atoms with Crippen LogP contribution >= 0.6 is 0 Å². The van der Waals surface area contributed by atoms with E-state index >= 15 is 0 Å². The predicted octanol–water partition coefficient (Wildman–Crippen LogP) is 5.26. The number of hydrogen-bond acceptors (Lipinski definition) is 4. The van der Waals surface area contributed by atoms with Crippen molar-refractivity contribution in [3.63, 3.8) is 0 Å². The first-order valence-corrected chi connectivity index (χ1v) is 9.91. The van der Waals surface area contributed by atoms with Crippen LogP contribution in [-0.2, 0) is 12.8 Å². The first-order valence-electron chi connectivity index (χ1n) is 9.91. The Morgan fingerprint density at radius 1 is 1.18 bits per heavy atom. The lowest BCUT2D eigenvalue weighted by Crippen LogP contribution is -2.19. The van der Waals surface area contributed by atoms with Crippen LogP contribution in [0.4, 0.5) is 16.1 Å². The summed E-state index contributed by atoms with van der Waals surface area (Å²) < 4.78 is 20.4. The molecule has 1 saturated carbocycles. The molecule has 1 fully saturated rings. The number of oxazole rings is 1. The van der Waals surface area contributed by atoms with Gasteiger partial charge >= 0.3 is 0 Å². The molecule has 2 aliphatic carbocycles. The molecule has 1 heterocycles. The number of fused-ring (bicyclic) bond motifs is 1. The van der Waals surface area contributed by atoms with E-state index in [1.165, 1.54) is 5.56 Å². The van der Waals surface area contributed by atoms with Gasteiger partial charge in [0.2, 0.25) is 0 Å². The van der Waals surface area contributed by atoms with Gasteiger partial charge < -0.3 is 14.8 Å². The van der Waals surface area contributed by atoms with Crippen LogP contribution in [0.1, 0.15) is 47.6 Å². The second-order valence-electron chi connectivity index (χ2n) is 7.91. The summed E-state index contributed by atoms with van der Waals surface area (Å²) in [5.41, 5.74) is 5.47. The quantitative estimate of drug-likeness (QED) is 0.650. The van der Waals surface area contributed by atoms with Gasteiger partial charge in [-0.2, -0.15) is 4.98 Å². The summed E-state index contributed by atoms with van der Waals surface area (Å²) >= 11 is 0. The molecule has 2 aromatic carbocycles. The van der Waals surface area contributed by atoms with Crippen molar-refractivity contribution < 1.29 is 13.9 Å². The third kappa shape index (κ3) is 3.20. The summed E-state index contributed by atoms with van der Waals surface area (Å²) in [4.78, 5) is 4.49. The summed E-state index contributed by atoms with van der Waals surface area (Å²) in [6, 6.07) is 11.8. The minimum atomic E-state index is -0.315. The SMILES string of the molecule is Cc1nc(Nc2cccc3c2CC(O)CC3)oc1-c1ccc(C2CC2)c(F)c1. The number of hydrogen-bond donors (Lipinski definition) is 2. The Balaban J connectivity index is 1.44. The molecule has 0 spiro atoms. The van der Waals surface area contributed by atoms with E-state index in [1.54, 1.807) is 6.07 Å². The smallest absolute Gasteiger partial charge is 0.299 e. The van der Waals surface area contributed by atoms with E-state index in [1.807, 2.05) is 31.2 Å². The average molecular weight is 378 g/mol.